The lowest BCUT2D eigenvalue weighted by Crippen LogP contribution is -2.39. The van der Waals surface area contributed by atoms with Gasteiger partial charge in [0.25, 0.3) is 11.6 Å². The molecule has 1 heterocycles. The Balaban J connectivity index is 3.12. The van der Waals surface area contributed by atoms with Gasteiger partial charge >= 0.3 is 5.97 Å². The number of amides is 1. The number of aryl methyl sites for hydroxylation is 1. The van der Waals surface area contributed by atoms with Gasteiger partial charge in [0.05, 0.1) is 11.1 Å². The number of nitrogens with zero attached hydrogens (tertiary/aromatic N) is 3. The first-order valence-corrected chi connectivity index (χ1v) is 6.61. The fraction of sp³-hybridized carbons (Fsp3) is 0.538. The van der Waals surface area contributed by atoms with E-state index in [2.05, 4.69) is 0 Å². The van der Waals surface area contributed by atoms with E-state index in [0.717, 1.165) is 0 Å². The number of carboxylic acids is 1. The predicted molar refractivity (Wildman–Crippen MR) is 75.1 cm³/mol. The summed E-state index contributed by atoms with van der Waals surface area (Å²) in [6, 6.07) is 1.18. The fourth-order valence-electron chi connectivity index (χ4n) is 2.02. The molecule has 1 aromatic heterocycles. The van der Waals surface area contributed by atoms with Gasteiger partial charge in [-0.2, -0.15) is 0 Å². The van der Waals surface area contributed by atoms with Crippen molar-refractivity contribution in [2.24, 2.45) is 5.92 Å². The monoisotopic (exact) mass is 297 g/mol. The lowest BCUT2D eigenvalue weighted by molar-refractivity contribution is -0.384. The minimum absolute atomic E-state index is 0.0910. The summed E-state index contributed by atoms with van der Waals surface area (Å²) in [7, 11) is 0. The van der Waals surface area contributed by atoms with E-state index in [1.54, 1.807) is 6.92 Å². The Morgan fingerprint density at radius 1 is 1.48 bits per heavy atom. The maximum atomic E-state index is 12.5. The van der Waals surface area contributed by atoms with E-state index in [0.29, 0.717) is 6.54 Å². The van der Waals surface area contributed by atoms with Crippen LogP contribution in [0.5, 0.6) is 0 Å². The summed E-state index contributed by atoms with van der Waals surface area (Å²) >= 11 is 0. The SMILES string of the molecule is CCn1cc([N+](=O)[O-])cc1C(=O)N(CC(=O)O)CC(C)C. The van der Waals surface area contributed by atoms with Gasteiger partial charge in [-0.3, -0.25) is 19.7 Å². The molecule has 0 aromatic carbocycles. The summed E-state index contributed by atoms with van der Waals surface area (Å²) in [6.07, 6.45) is 1.28. The molecule has 0 aliphatic heterocycles. The summed E-state index contributed by atoms with van der Waals surface area (Å²) in [5.41, 5.74) is -0.0499. The van der Waals surface area contributed by atoms with Crippen LogP contribution in [-0.2, 0) is 11.3 Å². The second kappa shape index (κ2) is 6.87. The van der Waals surface area contributed by atoms with Gasteiger partial charge in [-0.1, -0.05) is 13.8 Å². The second-order valence-corrected chi connectivity index (χ2v) is 5.10. The van der Waals surface area contributed by atoms with Crippen molar-refractivity contribution in [1.82, 2.24) is 9.47 Å². The van der Waals surface area contributed by atoms with Crippen molar-refractivity contribution in [1.29, 1.82) is 0 Å². The highest BCUT2D eigenvalue weighted by Crippen LogP contribution is 2.18. The number of hydrogen-bond donors (Lipinski definition) is 1. The lowest BCUT2D eigenvalue weighted by Gasteiger charge is -2.23. The molecule has 8 nitrogen and oxygen atoms in total. The van der Waals surface area contributed by atoms with Gasteiger partial charge in [0.1, 0.15) is 12.2 Å². The summed E-state index contributed by atoms with van der Waals surface area (Å²) in [5.74, 6) is -1.54. The molecule has 0 radical (unpaired) electrons. The summed E-state index contributed by atoms with van der Waals surface area (Å²) in [4.78, 5) is 34.8. The largest absolute Gasteiger partial charge is 0.480 e. The number of hydrogen-bond acceptors (Lipinski definition) is 4. The zero-order valence-electron chi connectivity index (χ0n) is 12.3. The number of carbonyl (C=O) groups excluding carboxylic acids is 1. The zero-order valence-corrected chi connectivity index (χ0v) is 12.3. The van der Waals surface area contributed by atoms with Crippen LogP contribution in [-0.4, -0.2) is 44.5 Å². The minimum Gasteiger partial charge on any atom is -0.480 e. The van der Waals surface area contributed by atoms with Gasteiger partial charge < -0.3 is 14.6 Å². The van der Waals surface area contributed by atoms with Crippen LogP contribution in [0.4, 0.5) is 5.69 Å². The quantitative estimate of drug-likeness (QED) is 0.607. The van der Waals surface area contributed by atoms with Crippen LogP contribution >= 0.6 is 0 Å². The molecule has 0 atom stereocenters. The molecular weight excluding hydrogens is 278 g/mol. The number of aliphatic carboxylic acids is 1. The third kappa shape index (κ3) is 4.30. The number of nitro groups is 1. The molecule has 8 heteroatoms. The molecule has 0 fully saturated rings. The third-order valence-electron chi connectivity index (χ3n) is 2.85. The van der Waals surface area contributed by atoms with Crippen LogP contribution in [0.1, 0.15) is 31.3 Å². The van der Waals surface area contributed by atoms with Gasteiger partial charge in [-0.05, 0) is 12.8 Å². The van der Waals surface area contributed by atoms with Crippen molar-refractivity contribution in [2.45, 2.75) is 27.3 Å². The van der Waals surface area contributed by atoms with E-state index in [4.69, 9.17) is 5.11 Å². The molecule has 21 heavy (non-hydrogen) atoms. The topological polar surface area (TPSA) is 106 Å². The smallest absolute Gasteiger partial charge is 0.323 e. The Morgan fingerprint density at radius 3 is 2.52 bits per heavy atom. The molecule has 0 aliphatic rings. The van der Waals surface area contributed by atoms with E-state index in [9.17, 15) is 19.7 Å². The first-order chi connectivity index (χ1) is 9.76. The van der Waals surface area contributed by atoms with Crippen molar-refractivity contribution in [3.63, 3.8) is 0 Å². The number of carbonyl (C=O) groups is 2. The summed E-state index contributed by atoms with van der Waals surface area (Å²) in [5, 5.41) is 19.7. The maximum Gasteiger partial charge on any atom is 0.323 e. The van der Waals surface area contributed by atoms with Gasteiger partial charge in [-0.25, -0.2) is 0 Å². The van der Waals surface area contributed by atoms with Crippen molar-refractivity contribution >= 4 is 17.6 Å². The summed E-state index contributed by atoms with van der Waals surface area (Å²) < 4.78 is 1.45. The van der Waals surface area contributed by atoms with E-state index in [1.165, 1.54) is 21.7 Å². The normalized spacial score (nSPS) is 10.7. The maximum absolute atomic E-state index is 12.5. The van der Waals surface area contributed by atoms with E-state index in [-0.39, 0.29) is 23.8 Å². The van der Waals surface area contributed by atoms with Crippen LogP contribution < -0.4 is 0 Å². The average molecular weight is 297 g/mol. The van der Waals surface area contributed by atoms with Gasteiger partial charge in [0.2, 0.25) is 0 Å². The van der Waals surface area contributed by atoms with Crippen LogP contribution in [0.15, 0.2) is 12.3 Å². The van der Waals surface area contributed by atoms with Gasteiger partial charge in [0.15, 0.2) is 0 Å². The van der Waals surface area contributed by atoms with Crippen LogP contribution in [0.25, 0.3) is 0 Å². The number of rotatable bonds is 7. The molecule has 116 valence electrons. The molecular formula is C13H19N3O5. The molecule has 1 aromatic rings. The Bertz CT molecular complexity index is 550. The average Bonchev–Trinajstić information content (AvgIpc) is 2.80. The molecule has 1 amide bonds. The molecule has 0 bridgehead atoms. The Morgan fingerprint density at radius 2 is 2.10 bits per heavy atom. The minimum atomic E-state index is -1.12. The molecule has 0 aliphatic carbocycles. The Hall–Kier alpha value is -2.38. The van der Waals surface area contributed by atoms with E-state index >= 15 is 0 Å². The molecule has 1 N–H and O–H groups in total. The standard InChI is InChI=1S/C13H19N3O5/c1-4-14-7-10(16(20)21)5-11(14)13(19)15(6-9(2)3)8-12(17)18/h5,7,9H,4,6,8H2,1-3H3,(H,17,18). The second-order valence-electron chi connectivity index (χ2n) is 5.10. The zero-order chi connectivity index (χ0) is 16.2. The molecule has 0 spiro atoms. The Kier molecular flexibility index (Phi) is 5.45. The van der Waals surface area contributed by atoms with E-state index in [1.807, 2.05) is 13.8 Å². The highest BCUT2D eigenvalue weighted by atomic mass is 16.6. The summed E-state index contributed by atoms with van der Waals surface area (Å²) in [6.45, 7) is 5.71. The highest BCUT2D eigenvalue weighted by molar-refractivity contribution is 5.95. The number of aromatic nitrogens is 1. The van der Waals surface area contributed by atoms with Crippen molar-refractivity contribution in [3.05, 3.63) is 28.1 Å². The number of carboxylic acid groups (broad SMARTS) is 1. The van der Waals surface area contributed by atoms with Crippen LogP contribution in [0.2, 0.25) is 0 Å². The van der Waals surface area contributed by atoms with Crippen LogP contribution in [0, 0.1) is 16.0 Å². The predicted octanol–water partition coefficient (Wildman–Crippen LogP) is 1.60. The fourth-order valence-corrected chi connectivity index (χ4v) is 2.02. The van der Waals surface area contributed by atoms with Crippen molar-refractivity contribution < 1.29 is 19.6 Å². The highest BCUT2D eigenvalue weighted by Gasteiger charge is 2.25. The first-order valence-electron chi connectivity index (χ1n) is 6.61. The van der Waals surface area contributed by atoms with Crippen molar-refractivity contribution in [2.75, 3.05) is 13.1 Å². The molecule has 0 saturated carbocycles. The van der Waals surface area contributed by atoms with Gasteiger partial charge in [0, 0.05) is 19.2 Å². The third-order valence-corrected chi connectivity index (χ3v) is 2.85. The first kappa shape index (κ1) is 16.7. The molecule has 1 rings (SSSR count). The van der Waals surface area contributed by atoms with E-state index < -0.39 is 23.3 Å². The Labute approximate surface area is 122 Å². The molecule has 0 saturated heterocycles. The van der Waals surface area contributed by atoms with Gasteiger partial charge in [-0.15, -0.1) is 0 Å². The van der Waals surface area contributed by atoms with Crippen molar-refractivity contribution in [3.8, 4) is 0 Å². The lowest BCUT2D eigenvalue weighted by atomic mass is 10.2. The molecule has 0 unspecified atom stereocenters. The van der Waals surface area contributed by atoms with Crippen LogP contribution in [0.3, 0.4) is 0 Å².